The average Bonchev–Trinajstić information content (AvgIpc) is 2.90. The zero-order chi connectivity index (χ0) is 30.2. The van der Waals surface area contributed by atoms with Crippen molar-refractivity contribution in [1.82, 2.24) is 0 Å². The van der Waals surface area contributed by atoms with E-state index in [0.29, 0.717) is 19.8 Å². The first-order valence-electron chi connectivity index (χ1n) is 15.6. The van der Waals surface area contributed by atoms with Crippen LogP contribution in [0.4, 0.5) is 0 Å². The van der Waals surface area contributed by atoms with Crippen LogP contribution in [0.15, 0.2) is 0 Å². The van der Waals surface area contributed by atoms with E-state index in [0.717, 1.165) is 63.8 Å². The maximum atomic E-state index is 9.53. The van der Waals surface area contributed by atoms with E-state index >= 15 is 0 Å². The summed E-state index contributed by atoms with van der Waals surface area (Å²) in [7, 11) is -2.36. The number of rotatable bonds is 21. The van der Waals surface area contributed by atoms with E-state index in [9.17, 15) is 20.4 Å². The minimum Gasteiger partial charge on any atom is -0.854 e. The molecule has 0 aliphatic heterocycles. The van der Waals surface area contributed by atoms with Crippen molar-refractivity contribution in [3.63, 3.8) is 0 Å². The van der Waals surface area contributed by atoms with Crippen LogP contribution in [0.3, 0.4) is 0 Å². The van der Waals surface area contributed by atoms with Crippen molar-refractivity contribution in [2.75, 3.05) is 46.2 Å². The molecule has 0 aliphatic rings. The van der Waals surface area contributed by atoms with E-state index in [4.69, 9.17) is 13.3 Å². The molecule has 0 rings (SSSR count). The summed E-state index contributed by atoms with van der Waals surface area (Å²) in [6.07, 6.45) is 15.2. The van der Waals surface area contributed by atoms with Gasteiger partial charge in [0.2, 0.25) is 0 Å². The van der Waals surface area contributed by atoms with Crippen molar-refractivity contribution < 1.29 is 59.9 Å². The second-order valence-corrected chi connectivity index (χ2v) is 11.5. The van der Waals surface area contributed by atoms with Gasteiger partial charge in [-0.05, 0) is 27.2 Å². The Bertz CT molecular complexity index is 295. The summed E-state index contributed by atoms with van der Waals surface area (Å²) in [5.41, 5.74) is 0. The molecular weight excluding hydrogens is 592 g/mol. The Balaban J connectivity index is -0.000000106. The van der Waals surface area contributed by atoms with Gasteiger partial charge in [0.1, 0.15) is 0 Å². The molecule has 0 radical (unpaired) electrons. The first-order chi connectivity index (χ1) is 18.4. The van der Waals surface area contributed by atoms with Crippen molar-refractivity contribution in [2.24, 2.45) is 0 Å². The Kier molecular flexibility index (Phi) is 73.8. The van der Waals surface area contributed by atoms with Crippen LogP contribution >= 0.6 is 0 Å². The molecule has 0 saturated heterocycles. The maximum Gasteiger partial charge on any atom is 4.00 e. The topological polar surface area (TPSA) is 120 Å². The van der Waals surface area contributed by atoms with Gasteiger partial charge < -0.3 is 33.7 Å². The zero-order valence-electron chi connectivity index (χ0n) is 27.4. The second-order valence-electron chi connectivity index (χ2n) is 8.73. The molecule has 0 amide bonds. The van der Waals surface area contributed by atoms with Crippen LogP contribution in [0.2, 0.25) is 6.04 Å². The summed E-state index contributed by atoms with van der Waals surface area (Å²) in [4.78, 5) is 0. The normalized spacial score (nSPS) is 9.85. The van der Waals surface area contributed by atoms with Crippen LogP contribution in [-0.4, -0.2) is 55.1 Å². The molecule has 0 bridgehead atoms. The van der Waals surface area contributed by atoms with Gasteiger partial charge in [0.05, 0.1) is 0 Å². The quantitative estimate of drug-likeness (QED) is 0.126. The van der Waals surface area contributed by atoms with Crippen molar-refractivity contribution >= 4 is 8.80 Å². The Morgan fingerprint density at radius 2 is 0.641 bits per heavy atom. The molecule has 0 N–H and O–H groups in total. The summed E-state index contributed by atoms with van der Waals surface area (Å²) in [5, 5.41) is 38.1. The monoisotopic (exact) mass is 658 g/mol. The third kappa shape index (κ3) is 59.2. The molecule has 9 heteroatoms. The van der Waals surface area contributed by atoms with Gasteiger partial charge in [0.25, 0.3) is 0 Å². The van der Waals surface area contributed by atoms with Gasteiger partial charge in [-0.15, -0.1) is 26.4 Å². The Labute approximate surface area is 265 Å². The molecule has 0 aliphatic carbocycles. The summed E-state index contributed by atoms with van der Waals surface area (Å²) in [6, 6.07) is 0.967. The summed E-state index contributed by atoms with van der Waals surface area (Å²) >= 11 is 0. The van der Waals surface area contributed by atoms with Gasteiger partial charge in [0, 0.05) is 25.9 Å². The van der Waals surface area contributed by atoms with Crippen LogP contribution in [0.5, 0.6) is 0 Å². The summed E-state index contributed by atoms with van der Waals surface area (Å²) < 4.78 is 17.5. The Morgan fingerprint density at radius 1 is 0.385 bits per heavy atom. The van der Waals surface area contributed by atoms with E-state index in [2.05, 4.69) is 6.92 Å². The third-order valence-corrected chi connectivity index (χ3v) is 8.07. The molecule has 7 nitrogen and oxygen atoms in total. The standard InChI is InChI=1S/C14H32O3Si.4C4H9O.Zr/c1-5-9-10-11-12-13-14-18(15-6-2,16-7-3)17-8-4;4*1-2-3-4-5;/h5-14H2,1-4H3;4*2-4H2,1H3;/q;4*-1;+4. The molecule has 0 aromatic heterocycles. The van der Waals surface area contributed by atoms with Crippen LogP contribution in [0.1, 0.15) is 145 Å². The fraction of sp³-hybridized carbons (Fsp3) is 1.00. The Hall–Kier alpha value is 0.820. The molecular formula is C30H68O7SiZr. The van der Waals surface area contributed by atoms with E-state index in [1.54, 1.807) is 0 Å². The number of hydrogen-bond donors (Lipinski definition) is 0. The molecule has 0 fully saturated rings. The molecule has 0 spiro atoms. The van der Waals surface area contributed by atoms with Crippen molar-refractivity contribution in [2.45, 2.75) is 151 Å². The number of hydrogen-bond acceptors (Lipinski definition) is 7. The predicted molar refractivity (Wildman–Crippen MR) is 158 cm³/mol. The Morgan fingerprint density at radius 3 is 0.846 bits per heavy atom. The van der Waals surface area contributed by atoms with E-state index < -0.39 is 8.80 Å². The van der Waals surface area contributed by atoms with E-state index in [1.165, 1.54) is 32.1 Å². The second kappa shape index (κ2) is 54.8. The molecule has 0 heterocycles. The molecule has 39 heavy (non-hydrogen) atoms. The fourth-order valence-corrected chi connectivity index (χ4v) is 5.39. The third-order valence-electron chi connectivity index (χ3n) is 4.92. The average molecular weight is 660 g/mol. The van der Waals surface area contributed by atoms with Crippen LogP contribution in [0.25, 0.3) is 0 Å². The minimum absolute atomic E-state index is 0. The largest absolute Gasteiger partial charge is 4.00 e. The van der Waals surface area contributed by atoms with Gasteiger partial charge in [-0.25, -0.2) is 0 Å². The van der Waals surface area contributed by atoms with Gasteiger partial charge in [-0.2, -0.15) is 0 Å². The molecule has 0 atom stereocenters. The van der Waals surface area contributed by atoms with Gasteiger partial charge >= 0.3 is 35.0 Å². The molecule has 0 aromatic carbocycles. The smallest absolute Gasteiger partial charge is 0.854 e. The van der Waals surface area contributed by atoms with E-state index in [-0.39, 0.29) is 52.6 Å². The maximum absolute atomic E-state index is 9.53. The van der Waals surface area contributed by atoms with Crippen molar-refractivity contribution in [1.29, 1.82) is 0 Å². The van der Waals surface area contributed by atoms with Crippen molar-refractivity contribution in [3.8, 4) is 0 Å². The van der Waals surface area contributed by atoms with Crippen molar-refractivity contribution in [3.05, 3.63) is 0 Å². The predicted octanol–water partition coefficient (Wildman–Crippen LogP) is 4.98. The zero-order valence-corrected chi connectivity index (χ0v) is 30.9. The first-order valence-corrected chi connectivity index (χ1v) is 17.6. The molecule has 0 aromatic rings. The number of unbranched alkanes of at least 4 members (excludes halogenated alkanes) is 9. The molecule has 0 saturated carbocycles. The van der Waals surface area contributed by atoms with Crippen LogP contribution in [-0.2, 0) is 39.5 Å². The minimum atomic E-state index is -2.36. The van der Waals surface area contributed by atoms with Gasteiger partial charge in [-0.1, -0.05) is 118 Å². The molecule has 0 unspecified atom stereocenters. The van der Waals surface area contributed by atoms with Crippen LogP contribution in [0, 0.1) is 0 Å². The van der Waals surface area contributed by atoms with Gasteiger partial charge in [0.15, 0.2) is 0 Å². The van der Waals surface area contributed by atoms with Crippen LogP contribution < -0.4 is 20.4 Å². The van der Waals surface area contributed by atoms with E-state index in [1.807, 2.05) is 48.5 Å². The first kappa shape index (κ1) is 52.5. The molecule has 238 valence electrons. The SMILES string of the molecule is CCCCCCCC[Si](OCC)(OCC)OCC.CCCC[O-].CCCC[O-].CCCC[O-].CCCC[O-].[Zr+4]. The van der Waals surface area contributed by atoms with Gasteiger partial charge in [-0.3, -0.25) is 0 Å². The summed E-state index contributed by atoms with van der Waals surface area (Å²) in [5.74, 6) is 0. The summed E-state index contributed by atoms with van der Waals surface area (Å²) in [6.45, 7) is 18.8. The fourth-order valence-electron chi connectivity index (χ4n) is 2.70.